The van der Waals surface area contributed by atoms with Crippen molar-refractivity contribution in [3.05, 3.63) is 0 Å². The fourth-order valence-corrected chi connectivity index (χ4v) is 1.48. The van der Waals surface area contributed by atoms with Crippen LogP contribution in [0.5, 0.6) is 0 Å². The molecule has 0 saturated carbocycles. The van der Waals surface area contributed by atoms with Crippen molar-refractivity contribution in [1.29, 1.82) is 0 Å². The summed E-state index contributed by atoms with van der Waals surface area (Å²) in [5.41, 5.74) is 0. The highest BCUT2D eigenvalue weighted by Gasteiger charge is 2.10. The third kappa shape index (κ3) is 15.2. The highest BCUT2D eigenvalue weighted by Crippen LogP contribution is 2.03. The van der Waals surface area contributed by atoms with Gasteiger partial charge < -0.3 is 15.1 Å². The zero-order valence-electron chi connectivity index (χ0n) is 12.1. The van der Waals surface area contributed by atoms with E-state index in [0.717, 1.165) is 19.5 Å². The maximum atomic E-state index is 9.60. The Hall–Kier alpha value is -0.840. The summed E-state index contributed by atoms with van der Waals surface area (Å²) in [7, 11) is 0. The van der Waals surface area contributed by atoms with E-state index in [2.05, 4.69) is 27.7 Å². The standard InChI is InChI=1S/C9H19NOS.C4H8O2/c1-7(2)5-10(9(11)12)6-8(3)4;1-2-3-4(5)6/h7-8H,5-6H2,1-4H3,(H,11,12);2-3H2,1H3,(H,5,6). The van der Waals surface area contributed by atoms with Crippen LogP contribution in [0.15, 0.2) is 0 Å². The minimum atomic E-state index is -0.711. The summed E-state index contributed by atoms with van der Waals surface area (Å²) in [6, 6.07) is 0. The van der Waals surface area contributed by atoms with Crippen LogP contribution in [0.25, 0.3) is 0 Å². The van der Waals surface area contributed by atoms with Crippen molar-refractivity contribution in [2.45, 2.75) is 47.5 Å². The first kappa shape index (κ1) is 19.5. The highest BCUT2D eigenvalue weighted by atomic mass is 32.1. The Bertz CT molecular complexity index is 232. The van der Waals surface area contributed by atoms with E-state index in [9.17, 15) is 4.79 Å². The van der Waals surface area contributed by atoms with Crippen LogP contribution in [-0.4, -0.2) is 39.3 Å². The predicted octanol–water partition coefficient (Wildman–Crippen LogP) is 3.31. The van der Waals surface area contributed by atoms with Crippen LogP contribution in [0, 0.1) is 11.8 Å². The summed E-state index contributed by atoms with van der Waals surface area (Å²) in [4.78, 5) is 11.5. The fourth-order valence-electron chi connectivity index (χ4n) is 1.33. The highest BCUT2D eigenvalue weighted by molar-refractivity contribution is 7.79. The van der Waals surface area contributed by atoms with Crippen molar-refractivity contribution < 1.29 is 15.0 Å². The topological polar surface area (TPSA) is 60.8 Å². The number of aliphatic carboxylic acids is 1. The second kappa shape index (κ2) is 11.3. The first-order chi connectivity index (χ1) is 8.20. The van der Waals surface area contributed by atoms with Gasteiger partial charge in [-0.15, -0.1) is 0 Å². The van der Waals surface area contributed by atoms with E-state index in [1.165, 1.54) is 0 Å². The predicted molar refractivity (Wildman–Crippen MR) is 79.0 cm³/mol. The van der Waals surface area contributed by atoms with E-state index in [0.29, 0.717) is 18.3 Å². The lowest BCUT2D eigenvalue weighted by atomic mass is 10.1. The van der Waals surface area contributed by atoms with Crippen molar-refractivity contribution >= 4 is 23.4 Å². The van der Waals surface area contributed by atoms with Crippen LogP contribution in [0.4, 0.5) is 0 Å². The van der Waals surface area contributed by atoms with Crippen LogP contribution in [-0.2, 0) is 4.79 Å². The molecule has 0 heterocycles. The summed E-state index contributed by atoms with van der Waals surface area (Å²) in [6.07, 6.45) is 1.02. The van der Waals surface area contributed by atoms with E-state index >= 15 is 0 Å². The van der Waals surface area contributed by atoms with Gasteiger partial charge in [0.05, 0.1) is 0 Å². The molecule has 0 radical (unpaired) electrons. The SMILES string of the molecule is CC(C)CN(CC(C)C)C(O)=S.CCCC(=O)O. The van der Waals surface area contributed by atoms with Crippen LogP contribution >= 0.6 is 12.2 Å². The molecule has 0 unspecified atom stereocenters. The van der Waals surface area contributed by atoms with Gasteiger partial charge in [0, 0.05) is 19.5 Å². The third-order valence-corrected chi connectivity index (χ3v) is 2.16. The largest absolute Gasteiger partial charge is 0.487 e. The van der Waals surface area contributed by atoms with E-state index in [1.807, 2.05) is 11.8 Å². The van der Waals surface area contributed by atoms with Gasteiger partial charge in [0.1, 0.15) is 0 Å². The minimum Gasteiger partial charge on any atom is -0.487 e. The second-order valence-corrected chi connectivity index (χ2v) is 5.48. The molecule has 0 saturated heterocycles. The van der Waals surface area contributed by atoms with E-state index in [-0.39, 0.29) is 5.17 Å². The number of aliphatic hydroxyl groups excluding tert-OH is 1. The van der Waals surface area contributed by atoms with Crippen molar-refractivity contribution in [2.75, 3.05) is 13.1 Å². The van der Waals surface area contributed by atoms with Crippen LogP contribution in [0.1, 0.15) is 47.5 Å². The molecule has 0 aliphatic carbocycles. The Kier molecular flexibility index (Phi) is 12.2. The summed E-state index contributed by atoms with van der Waals surface area (Å²) < 4.78 is 0. The van der Waals surface area contributed by atoms with E-state index < -0.39 is 5.97 Å². The van der Waals surface area contributed by atoms with Crippen molar-refractivity contribution in [3.8, 4) is 0 Å². The number of carboxylic acids is 1. The molecule has 0 bridgehead atoms. The van der Waals surface area contributed by atoms with Gasteiger partial charge in [-0.25, -0.2) is 0 Å². The lowest BCUT2D eigenvalue weighted by Gasteiger charge is -2.25. The Morgan fingerprint density at radius 1 is 1.11 bits per heavy atom. The number of carboxylic acid groups (broad SMARTS) is 1. The molecule has 0 amide bonds. The van der Waals surface area contributed by atoms with Crippen molar-refractivity contribution in [2.24, 2.45) is 11.8 Å². The maximum absolute atomic E-state index is 9.60. The normalized spacial score (nSPS) is 9.94. The van der Waals surface area contributed by atoms with Crippen molar-refractivity contribution in [3.63, 3.8) is 0 Å². The summed E-state index contributed by atoms with van der Waals surface area (Å²) in [5.74, 6) is 0.361. The third-order valence-electron chi connectivity index (χ3n) is 1.91. The molecular formula is C13H27NO3S. The first-order valence-electron chi connectivity index (χ1n) is 6.40. The maximum Gasteiger partial charge on any atom is 0.303 e. The Labute approximate surface area is 116 Å². The molecule has 5 heteroatoms. The monoisotopic (exact) mass is 277 g/mol. The molecule has 0 aromatic heterocycles. The molecule has 0 aromatic rings. The molecule has 0 fully saturated rings. The second-order valence-electron chi connectivity index (χ2n) is 5.12. The first-order valence-corrected chi connectivity index (χ1v) is 6.81. The average molecular weight is 277 g/mol. The lowest BCUT2D eigenvalue weighted by Crippen LogP contribution is -2.35. The molecule has 2 N–H and O–H groups in total. The average Bonchev–Trinajstić information content (AvgIpc) is 2.15. The van der Waals surface area contributed by atoms with Gasteiger partial charge >= 0.3 is 5.97 Å². The van der Waals surface area contributed by atoms with Gasteiger partial charge in [-0.1, -0.05) is 34.6 Å². The molecule has 0 aromatic carbocycles. The fraction of sp³-hybridized carbons (Fsp3) is 0.846. The number of thiocarbonyl (C=S) groups is 1. The number of aliphatic hydroxyl groups is 1. The Morgan fingerprint density at radius 2 is 1.50 bits per heavy atom. The minimum absolute atomic E-state index is 0.0254. The number of hydrogen-bond donors (Lipinski definition) is 2. The molecule has 0 aliphatic rings. The van der Waals surface area contributed by atoms with Gasteiger partial charge in [-0.05, 0) is 30.5 Å². The molecular weight excluding hydrogens is 250 g/mol. The number of hydrogen-bond acceptors (Lipinski definition) is 2. The zero-order valence-corrected chi connectivity index (χ0v) is 13.0. The number of carbonyl (C=O) groups is 1. The molecule has 0 aliphatic heterocycles. The summed E-state index contributed by atoms with van der Waals surface area (Å²) >= 11 is 4.74. The van der Waals surface area contributed by atoms with Crippen molar-refractivity contribution in [1.82, 2.24) is 4.90 Å². The molecule has 4 nitrogen and oxygen atoms in total. The molecule has 0 spiro atoms. The molecule has 108 valence electrons. The van der Waals surface area contributed by atoms with Gasteiger partial charge in [0.2, 0.25) is 0 Å². The van der Waals surface area contributed by atoms with Gasteiger partial charge in [0.15, 0.2) is 0 Å². The van der Waals surface area contributed by atoms with Gasteiger partial charge in [0.25, 0.3) is 5.17 Å². The summed E-state index contributed by atoms with van der Waals surface area (Å²) in [6.45, 7) is 12.0. The zero-order chi connectivity index (χ0) is 14.7. The molecule has 0 rings (SSSR count). The van der Waals surface area contributed by atoms with Crippen LogP contribution < -0.4 is 0 Å². The van der Waals surface area contributed by atoms with Crippen LogP contribution in [0.3, 0.4) is 0 Å². The number of rotatable bonds is 6. The molecule has 18 heavy (non-hydrogen) atoms. The van der Waals surface area contributed by atoms with E-state index in [1.54, 1.807) is 0 Å². The lowest BCUT2D eigenvalue weighted by molar-refractivity contribution is -0.137. The van der Waals surface area contributed by atoms with E-state index in [4.69, 9.17) is 22.4 Å². The molecule has 0 atom stereocenters. The van der Waals surface area contributed by atoms with Gasteiger partial charge in [-0.3, -0.25) is 4.79 Å². The smallest absolute Gasteiger partial charge is 0.303 e. The quantitative estimate of drug-likeness (QED) is 0.729. The number of nitrogens with zero attached hydrogens (tertiary/aromatic N) is 1. The Morgan fingerprint density at radius 3 is 1.61 bits per heavy atom. The summed E-state index contributed by atoms with van der Waals surface area (Å²) in [5, 5.41) is 17.1. The Balaban J connectivity index is 0. The van der Waals surface area contributed by atoms with Crippen LogP contribution in [0.2, 0.25) is 0 Å². The van der Waals surface area contributed by atoms with Gasteiger partial charge in [-0.2, -0.15) is 0 Å².